The van der Waals surface area contributed by atoms with Gasteiger partial charge < -0.3 is 14.8 Å². The van der Waals surface area contributed by atoms with Crippen LogP contribution < -0.4 is 20.2 Å². The van der Waals surface area contributed by atoms with E-state index in [2.05, 4.69) is 22.8 Å². The molecule has 0 aromatic heterocycles. The van der Waals surface area contributed by atoms with Gasteiger partial charge in [-0.25, -0.2) is 5.43 Å². The zero-order chi connectivity index (χ0) is 21.1. The molecule has 0 fully saturated rings. The predicted octanol–water partition coefficient (Wildman–Crippen LogP) is 3.14. The number of rotatable bonds is 10. The monoisotopic (exact) mass is 397 g/mol. The summed E-state index contributed by atoms with van der Waals surface area (Å²) < 4.78 is 10.7. The van der Waals surface area contributed by atoms with Gasteiger partial charge in [0.2, 0.25) is 0 Å². The smallest absolute Gasteiger partial charge is 0.262 e. The quantitative estimate of drug-likeness (QED) is 0.366. The van der Waals surface area contributed by atoms with Gasteiger partial charge in [0.15, 0.2) is 0 Å². The minimum Gasteiger partial charge on any atom is -0.497 e. The standard InChI is InChI=1S/C22H27N3O4/c1-4-5-14-29-20-10-6-17(7-11-20)15-23-25-21(26)16(2)24-22(27)18-8-12-19(28-3)13-9-18/h6-13,15-16H,4-5,14H2,1-3H3,(H,24,27)(H,25,26). The molecule has 0 radical (unpaired) electrons. The maximum absolute atomic E-state index is 12.2. The Kier molecular flexibility index (Phi) is 8.69. The molecule has 2 amide bonds. The number of unbranched alkanes of at least 4 members (excludes halogenated alkanes) is 1. The molecule has 7 heteroatoms. The maximum atomic E-state index is 12.2. The van der Waals surface area contributed by atoms with Crippen molar-refractivity contribution >= 4 is 18.0 Å². The molecule has 0 saturated carbocycles. The second kappa shape index (κ2) is 11.5. The molecule has 0 heterocycles. The number of benzene rings is 2. The maximum Gasteiger partial charge on any atom is 0.262 e. The van der Waals surface area contributed by atoms with Crippen LogP contribution in [0.3, 0.4) is 0 Å². The molecule has 1 atom stereocenters. The van der Waals surface area contributed by atoms with Gasteiger partial charge >= 0.3 is 0 Å². The van der Waals surface area contributed by atoms with Gasteiger partial charge in [-0.3, -0.25) is 9.59 Å². The number of hydrogen-bond donors (Lipinski definition) is 2. The average Bonchev–Trinajstić information content (AvgIpc) is 2.75. The Labute approximate surface area is 171 Å². The van der Waals surface area contributed by atoms with Crippen molar-refractivity contribution in [3.05, 3.63) is 59.7 Å². The Bertz CT molecular complexity index is 817. The molecular formula is C22H27N3O4. The second-order valence-corrected chi connectivity index (χ2v) is 6.43. The van der Waals surface area contributed by atoms with Crippen LogP contribution in [-0.4, -0.2) is 37.8 Å². The van der Waals surface area contributed by atoms with Crippen molar-refractivity contribution in [3.63, 3.8) is 0 Å². The van der Waals surface area contributed by atoms with E-state index in [1.165, 1.54) is 6.21 Å². The molecule has 0 aliphatic heterocycles. The van der Waals surface area contributed by atoms with E-state index in [1.54, 1.807) is 38.3 Å². The van der Waals surface area contributed by atoms with Crippen molar-refractivity contribution in [1.29, 1.82) is 0 Å². The number of ether oxygens (including phenoxy) is 2. The van der Waals surface area contributed by atoms with Gasteiger partial charge in [-0.15, -0.1) is 0 Å². The first-order chi connectivity index (χ1) is 14.0. The van der Waals surface area contributed by atoms with Crippen molar-refractivity contribution < 1.29 is 19.1 Å². The predicted molar refractivity (Wildman–Crippen MR) is 113 cm³/mol. The zero-order valence-corrected chi connectivity index (χ0v) is 17.0. The third-order valence-corrected chi connectivity index (χ3v) is 4.13. The molecule has 29 heavy (non-hydrogen) atoms. The molecule has 2 aromatic rings. The van der Waals surface area contributed by atoms with E-state index < -0.39 is 11.9 Å². The van der Waals surface area contributed by atoms with Crippen LogP contribution in [0.15, 0.2) is 53.6 Å². The number of amides is 2. The summed E-state index contributed by atoms with van der Waals surface area (Å²) in [5.41, 5.74) is 3.69. The van der Waals surface area contributed by atoms with E-state index in [0.717, 1.165) is 24.2 Å². The van der Waals surface area contributed by atoms with Gasteiger partial charge in [-0.05, 0) is 67.4 Å². The topological polar surface area (TPSA) is 89.0 Å². The molecular weight excluding hydrogens is 370 g/mol. The molecule has 0 aliphatic rings. The largest absolute Gasteiger partial charge is 0.497 e. The highest BCUT2D eigenvalue weighted by atomic mass is 16.5. The minimum atomic E-state index is -0.740. The Morgan fingerprint density at radius 1 is 1.07 bits per heavy atom. The lowest BCUT2D eigenvalue weighted by Gasteiger charge is -2.12. The van der Waals surface area contributed by atoms with Gasteiger partial charge in [0.1, 0.15) is 17.5 Å². The molecule has 154 valence electrons. The highest BCUT2D eigenvalue weighted by Gasteiger charge is 2.16. The third-order valence-electron chi connectivity index (χ3n) is 4.13. The highest BCUT2D eigenvalue weighted by molar-refractivity contribution is 5.97. The fraction of sp³-hybridized carbons (Fsp3) is 0.318. The van der Waals surface area contributed by atoms with Crippen LogP contribution in [0.2, 0.25) is 0 Å². The van der Waals surface area contributed by atoms with E-state index in [1.807, 2.05) is 24.3 Å². The number of carbonyl (C=O) groups is 2. The van der Waals surface area contributed by atoms with Crippen molar-refractivity contribution in [2.24, 2.45) is 5.10 Å². The van der Waals surface area contributed by atoms with E-state index in [-0.39, 0.29) is 5.91 Å². The van der Waals surface area contributed by atoms with Crippen LogP contribution in [0.4, 0.5) is 0 Å². The van der Waals surface area contributed by atoms with Crippen LogP contribution in [-0.2, 0) is 4.79 Å². The molecule has 2 aromatic carbocycles. The summed E-state index contributed by atoms with van der Waals surface area (Å²) in [6.07, 6.45) is 3.64. The summed E-state index contributed by atoms with van der Waals surface area (Å²) in [5, 5.41) is 6.57. The normalized spacial score (nSPS) is 11.7. The number of methoxy groups -OCH3 is 1. The molecule has 7 nitrogen and oxygen atoms in total. The zero-order valence-electron chi connectivity index (χ0n) is 17.0. The van der Waals surface area contributed by atoms with E-state index in [4.69, 9.17) is 9.47 Å². The Morgan fingerprint density at radius 3 is 2.34 bits per heavy atom. The molecule has 0 aliphatic carbocycles. The van der Waals surface area contributed by atoms with Crippen LogP contribution in [0.5, 0.6) is 11.5 Å². The number of hydrazone groups is 1. The van der Waals surface area contributed by atoms with E-state index >= 15 is 0 Å². The summed E-state index contributed by atoms with van der Waals surface area (Å²) >= 11 is 0. The molecule has 1 unspecified atom stereocenters. The van der Waals surface area contributed by atoms with E-state index in [0.29, 0.717) is 17.9 Å². The second-order valence-electron chi connectivity index (χ2n) is 6.43. The number of hydrogen-bond acceptors (Lipinski definition) is 5. The summed E-state index contributed by atoms with van der Waals surface area (Å²) in [6, 6.07) is 13.3. The first-order valence-electron chi connectivity index (χ1n) is 9.54. The number of carbonyl (C=O) groups excluding carboxylic acids is 2. The summed E-state index contributed by atoms with van der Waals surface area (Å²) in [6.45, 7) is 4.40. The van der Waals surface area contributed by atoms with Gasteiger partial charge in [-0.2, -0.15) is 5.10 Å². The van der Waals surface area contributed by atoms with Crippen LogP contribution in [0.25, 0.3) is 0 Å². The Morgan fingerprint density at radius 2 is 1.72 bits per heavy atom. The molecule has 0 spiro atoms. The lowest BCUT2D eigenvalue weighted by molar-refractivity contribution is -0.122. The molecule has 2 N–H and O–H groups in total. The van der Waals surface area contributed by atoms with Crippen LogP contribution in [0, 0.1) is 0 Å². The first kappa shape index (κ1) is 21.9. The average molecular weight is 397 g/mol. The summed E-state index contributed by atoms with van der Waals surface area (Å²) in [4.78, 5) is 24.3. The molecule has 0 saturated heterocycles. The Hall–Kier alpha value is -3.35. The first-order valence-corrected chi connectivity index (χ1v) is 9.54. The van der Waals surface area contributed by atoms with Crippen molar-refractivity contribution in [2.75, 3.05) is 13.7 Å². The van der Waals surface area contributed by atoms with Crippen LogP contribution in [0.1, 0.15) is 42.6 Å². The molecule has 0 bridgehead atoms. The Balaban J connectivity index is 1.80. The van der Waals surface area contributed by atoms with Crippen molar-refractivity contribution in [3.8, 4) is 11.5 Å². The highest BCUT2D eigenvalue weighted by Crippen LogP contribution is 2.12. The van der Waals surface area contributed by atoms with Gasteiger partial charge in [0, 0.05) is 5.56 Å². The SMILES string of the molecule is CCCCOc1ccc(C=NNC(=O)C(C)NC(=O)c2ccc(OC)cc2)cc1. The summed E-state index contributed by atoms with van der Waals surface area (Å²) in [5.74, 6) is 0.692. The van der Waals surface area contributed by atoms with E-state index in [9.17, 15) is 9.59 Å². The van der Waals surface area contributed by atoms with Crippen molar-refractivity contribution in [2.45, 2.75) is 32.7 Å². The van der Waals surface area contributed by atoms with Crippen molar-refractivity contribution in [1.82, 2.24) is 10.7 Å². The van der Waals surface area contributed by atoms with Gasteiger partial charge in [-0.1, -0.05) is 13.3 Å². The lowest BCUT2D eigenvalue weighted by atomic mass is 10.2. The number of nitrogens with one attached hydrogen (secondary N) is 2. The van der Waals surface area contributed by atoms with Gasteiger partial charge in [0.25, 0.3) is 11.8 Å². The number of nitrogens with zero attached hydrogens (tertiary/aromatic N) is 1. The lowest BCUT2D eigenvalue weighted by Crippen LogP contribution is -2.43. The fourth-order valence-electron chi connectivity index (χ4n) is 2.34. The third kappa shape index (κ3) is 7.29. The molecule has 2 rings (SSSR count). The van der Waals surface area contributed by atoms with Crippen LogP contribution >= 0.6 is 0 Å². The summed E-state index contributed by atoms with van der Waals surface area (Å²) in [7, 11) is 1.55. The van der Waals surface area contributed by atoms with Gasteiger partial charge in [0.05, 0.1) is 19.9 Å². The fourth-order valence-corrected chi connectivity index (χ4v) is 2.34. The minimum absolute atomic E-state index is 0.349.